The summed E-state index contributed by atoms with van der Waals surface area (Å²) in [6, 6.07) is 7.48. The Bertz CT molecular complexity index is 512. The first-order chi connectivity index (χ1) is 9.86. The Balaban J connectivity index is 2.77. The molecular weight excluding hydrogens is 334 g/mol. The van der Waals surface area contributed by atoms with E-state index < -0.39 is 11.4 Å². The number of hydrogen-bond donors (Lipinski definition) is 2. The predicted octanol–water partition coefficient (Wildman–Crippen LogP) is 3.91. The van der Waals surface area contributed by atoms with Crippen LogP contribution in [0.3, 0.4) is 0 Å². The number of nitrogens with one attached hydrogen (secondary N) is 1. The zero-order valence-electron chi connectivity index (χ0n) is 12.6. The van der Waals surface area contributed by atoms with Gasteiger partial charge in [-0.3, -0.25) is 9.59 Å². The van der Waals surface area contributed by atoms with Crippen molar-refractivity contribution in [2.75, 3.05) is 0 Å². The number of carboxylic acids is 1. The monoisotopic (exact) mass is 355 g/mol. The molecule has 0 heterocycles. The molecule has 0 aliphatic heterocycles. The third-order valence-electron chi connectivity index (χ3n) is 4.06. The minimum atomic E-state index is -0.974. The zero-order valence-corrected chi connectivity index (χ0v) is 14.2. The highest BCUT2D eigenvalue weighted by molar-refractivity contribution is 9.10. The van der Waals surface area contributed by atoms with Crippen LogP contribution in [0, 0.1) is 5.41 Å². The van der Waals surface area contributed by atoms with Gasteiger partial charge in [0.2, 0.25) is 5.91 Å². The van der Waals surface area contributed by atoms with Crippen molar-refractivity contribution in [2.24, 2.45) is 5.41 Å². The van der Waals surface area contributed by atoms with Gasteiger partial charge in [-0.1, -0.05) is 48.0 Å². The second kappa shape index (κ2) is 7.59. The summed E-state index contributed by atoms with van der Waals surface area (Å²) in [6.45, 7) is 5.50. The maximum Gasteiger partial charge on any atom is 0.310 e. The minimum absolute atomic E-state index is 0.00409. The normalized spacial score (nSPS) is 12.8. The predicted molar refractivity (Wildman–Crippen MR) is 86.0 cm³/mol. The maximum atomic E-state index is 12.2. The highest BCUT2D eigenvalue weighted by Crippen LogP contribution is 2.31. The molecule has 4 nitrogen and oxygen atoms in total. The van der Waals surface area contributed by atoms with Crippen LogP contribution >= 0.6 is 15.9 Å². The van der Waals surface area contributed by atoms with Crippen molar-refractivity contribution in [1.82, 2.24) is 5.32 Å². The van der Waals surface area contributed by atoms with Gasteiger partial charge in [-0.25, -0.2) is 0 Å². The van der Waals surface area contributed by atoms with E-state index >= 15 is 0 Å². The number of rotatable bonds is 7. The first kappa shape index (κ1) is 17.7. The Kier molecular flexibility index (Phi) is 6.40. The topological polar surface area (TPSA) is 66.4 Å². The van der Waals surface area contributed by atoms with Crippen LogP contribution in [0.4, 0.5) is 0 Å². The van der Waals surface area contributed by atoms with Crippen LogP contribution in [-0.4, -0.2) is 17.0 Å². The summed E-state index contributed by atoms with van der Waals surface area (Å²) in [7, 11) is 0. The van der Waals surface area contributed by atoms with Crippen molar-refractivity contribution in [1.29, 1.82) is 0 Å². The minimum Gasteiger partial charge on any atom is -0.481 e. The molecule has 5 heteroatoms. The van der Waals surface area contributed by atoms with Gasteiger partial charge in [0, 0.05) is 10.9 Å². The zero-order chi connectivity index (χ0) is 16.0. The SMILES string of the molecule is CCC(CC)(CC(=O)N[C@H](C)c1ccccc1Br)C(=O)O. The highest BCUT2D eigenvalue weighted by atomic mass is 79.9. The summed E-state index contributed by atoms with van der Waals surface area (Å²) in [4.78, 5) is 23.6. The molecule has 0 spiro atoms. The highest BCUT2D eigenvalue weighted by Gasteiger charge is 2.37. The fourth-order valence-electron chi connectivity index (χ4n) is 2.38. The molecule has 1 atom stereocenters. The van der Waals surface area contributed by atoms with Gasteiger partial charge in [0.05, 0.1) is 11.5 Å². The maximum absolute atomic E-state index is 12.2. The van der Waals surface area contributed by atoms with Crippen molar-refractivity contribution >= 4 is 27.8 Å². The number of benzene rings is 1. The number of carbonyl (C=O) groups is 2. The van der Waals surface area contributed by atoms with E-state index in [-0.39, 0.29) is 18.4 Å². The van der Waals surface area contributed by atoms with Gasteiger partial charge in [-0.2, -0.15) is 0 Å². The van der Waals surface area contributed by atoms with Crippen LogP contribution in [0.25, 0.3) is 0 Å². The van der Waals surface area contributed by atoms with E-state index in [0.29, 0.717) is 12.8 Å². The molecule has 0 fully saturated rings. The van der Waals surface area contributed by atoms with E-state index in [9.17, 15) is 14.7 Å². The van der Waals surface area contributed by atoms with Crippen molar-refractivity contribution in [3.8, 4) is 0 Å². The van der Waals surface area contributed by atoms with Crippen molar-refractivity contribution < 1.29 is 14.7 Å². The summed E-state index contributed by atoms with van der Waals surface area (Å²) in [5.74, 6) is -1.14. The lowest BCUT2D eigenvalue weighted by Gasteiger charge is -2.27. The number of amides is 1. The van der Waals surface area contributed by atoms with Crippen LogP contribution in [0.5, 0.6) is 0 Å². The molecule has 0 unspecified atom stereocenters. The van der Waals surface area contributed by atoms with Crippen molar-refractivity contribution in [2.45, 2.75) is 46.1 Å². The molecule has 0 saturated carbocycles. The summed E-state index contributed by atoms with van der Waals surface area (Å²) in [5.41, 5.74) is -0.00247. The molecule has 0 radical (unpaired) electrons. The molecule has 0 bridgehead atoms. The molecule has 0 aliphatic rings. The fraction of sp³-hybridized carbons (Fsp3) is 0.500. The molecular formula is C16H22BrNO3. The second-order valence-corrected chi connectivity index (χ2v) is 6.13. The summed E-state index contributed by atoms with van der Waals surface area (Å²) >= 11 is 3.45. The molecule has 0 saturated heterocycles. The van der Waals surface area contributed by atoms with Crippen molar-refractivity contribution in [3.05, 3.63) is 34.3 Å². The van der Waals surface area contributed by atoms with Crippen LogP contribution in [0.15, 0.2) is 28.7 Å². The molecule has 0 aliphatic carbocycles. The molecule has 21 heavy (non-hydrogen) atoms. The summed E-state index contributed by atoms with van der Waals surface area (Å²) in [6.07, 6.45) is 0.884. The molecule has 1 aromatic carbocycles. The third-order valence-corrected chi connectivity index (χ3v) is 4.78. The second-order valence-electron chi connectivity index (χ2n) is 5.28. The van der Waals surface area contributed by atoms with Crippen LogP contribution in [-0.2, 0) is 9.59 Å². The van der Waals surface area contributed by atoms with Gasteiger partial charge in [-0.15, -0.1) is 0 Å². The van der Waals surface area contributed by atoms with Gasteiger partial charge < -0.3 is 10.4 Å². The van der Waals surface area contributed by atoms with E-state index in [1.165, 1.54) is 0 Å². The van der Waals surface area contributed by atoms with Crippen LogP contribution < -0.4 is 5.32 Å². The van der Waals surface area contributed by atoms with Gasteiger partial charge in [-0.05, 0) is 31.4 Å². The number of carboxylic acid groups (broad SMARTS) is 1. The van der Waals surface area contributed by atoms with Gasteiger partial charge in [0.25, 0.3) is 0 Å². The standard InChI is InChI=1S/C16H22BrNO3/c1-4-16(5-2,15(20)21)10-14(19)18-11(3)12-8-6-7-9-13(12)17/h6-9,11H,4-5,10H2,1-3H3,(H,18,19)(H,20,21)/t11-/m1/s1. The Morgan fingerprint density at radius 1 is 1.29 bits per heavy atom. The van der Waals surface area contributed by atoms with E-state index in [0.717, 1.165) is 10.0 Å². The largest absolute Gasteiger partial charge is 0.481 e. The number of carbonyl (C=O) groups excluding carboxylic acids is 1. The Morgan fingerprint density at radius 3 is 2.33 bits per heavy atom. The molecule has 1 rings (SSSR count). The Labute approximate surface area is 134 Å². The van der Waals surface area contributed by atoms with Gasteiger partial charge >= 0.3 is 5.97 Å². The van der Waals surface area contributed by atoms with E-state index in [1.54, 1.807) is 0 Å². The molecule has 2 N–H and O–H groups in total. The smallest absolute Gasteiger partial charge is 0.310 e. The van der Waals surface area contributed by atoms with Crippen molar-refractivity contribution in [3.63, 3.8) is 0 Å². The lowest BCUT2D eigenvalue weighted by atomic mass is 9.79. The molecule has 1 amide bonds. The average Bonchev–Trinajstić information content (AvgIpc) is 2.44. The molecule has 1 aromatic rings. The third kappa shape index (κ3) is 4.30. The first-order valence-corrected chi connectivity index (χ1v) is 7.92. The lowest BCUT2D eigenvalue weighted by Crippen LogP contribution is -2.37. The Morgan fingerprint density at radius 2 is 1.86 bits per heavy atom. The molecule has 116 valence electrons. The first-order valence-electron chi connectivity index (χ1n) is 7.13. The average molecular weight is 356 g/mol. The lowest BCUT2D eigenvalue weighted by molar-refractivity contribution is -0.152. The van der Waals surface area contributed by atoms with Gasteiger partial charge in [0.1, 0.15) is 0 Å². The van der Waals surface area contributed by atoms with Crippen LogP contribution in [0.2, 0.25) is 0 Å². The fourth-order valence-corrected chi connectivity index (χ4v) is 3.01. The van der Waals surface area contributed by atoms with E-state index in [4.69, 9.17) is 0 Å². The molecule has 0 aromatic heterocycles. The van der Waals surface area contributed by atoms with E-state index in [2.05, 4.69) is 21.2 Å². The quantitative estimate of drug-likeness (QED) is 0.779. The summed E-state index contributed by atoms with van der Waals surface area (Å²) in [5, 5.41) is 12.3. The number of hydrogen-bond acceptors (Lipinski definition) is 2. The Hall–Kier alpha value is -1.36. The summed E-state index contributed by atoms with van der Waals surface area (Å²) < 4.78 is 0.924. The van der Waals surface area contributed by atoms with E-state index in [1.807, 2.05) is 45.0 Å². The van der Waals surface area contributed by atoms with Gasteiger partial charge in [0.15, 0.2) is 0 Å². The number of aliphatic carboxylic acids is 1. The van der Waals surface area contributed by atoms with Crippen LogP contribution in [0.1, 0.15) is 51.6 Å². The number of halogens is 1.